The van der Waals surface area contributed by atoms with Gasteiger partial charge in [0.05, 0.1) is 28.9 Å². The largest absolute Gasteiger partial charge is 0.303 e. The van der Waals surface area contributed by atoms with Crippen molar-refractivity contribution in [2.45, 2.75) is 38.5 Å². The normalized spacial score (nSPS) is 23.5. The van der Waals surface area contributed by atoms with E-state index in [0.717, 1.165) is 42.0 Å². The van der Waals surface area contributed by atoms with Crippen molar-refractivity contribution in [3.05, 3.63) is 52.6 Å². The number of allylic oxidation sites excluding steroid dienone is 4. The molecule has 1 unspecified atom stereocenters. The number of hydrogen-bond donors (Lipinski definition) is 0. The lowest BCUT2D eigenvalue weighted by molar-refractivity contribution is -0.111. The van der Waals surface area contributed by atoms with Gasteiger partial charge in [-0.3, -0.25) is 14.4 Å². The zero-order valence-electron chi connectivity index (χ0n) is 16.8. The Bertz CT molecular complexity index is 1190. The third-order valence-corrected chi connectivity index (χ3v) is 7.19. The van der Waals surface area contributed by atoms with Gasteiger partial charge in [0, 0.05) is 23.0 Å². The molecular weight excluding hydrogens is 378 g/mol. The molecule has 1 fully saturated rings. The Labute approximate surface area is 174 Å². The van der Waals surface area contributed by atoms with Gasteiger partial charge in [0.2, 0.25) is 0 Å². The Kier molecular flexibility index (Phi) is 3.93. The standard InChI is InChI=1S/C24H23N3O3/c28-19-5-3-4-15-14(19)6-7-18-20(15)21-22-17(12-25-13-27(18)22)23(29)16(24(21)30)8-11-26-9-1-2-10-26/h3,5,12-13,16H,1-2,4,6-11H2. The summed E-state index contributed by atoms with van der Waals surface area (Å²) >= 11 is 0. The van der Waals surface area contributed by atoms with Crippen LogP contribution in [0.25, 0.3) is 11.1 Å². The smallest absolute Gasteiger partial charge is 0.181 e. The van der Waals surface area contributed by atoms with Crippen LogP contribution < -0.4 is 0 Å². The fourth-order valence-corrected chi connectivity index (χ4v) is 5.74. The molecule has 6 nitrogen and oxygen atoms in total. The minimum Gasteiger partial charge on any atom is -0.303 e. The number of Topliss-reactive ketones (excluding diaryl/α,β-unsaturated/α-hetero) is 2. The number of rotatable bonds is 3. The lowest BCUT2D eigenvalue weighted by atomic mass is 9.76. The summed E-state index contributed by atoms with van der Waals surface area (Å²) < 4.78 is 1.93. The van der Waals surface area contributed by atoms with Gasteiger partial charge in [0.25, 0.3) is 0 Å². The van der Waals surface area contributed by atoms with E-state index in [-0.39, 0.29) is 17.3 Å². The Morgan fingerprint density at radius 3 is 2.67 bits per heavy atom. The van der Waals surface area contributed by atoms with Crippen LogP contribution in [0.1, 0.15) is 64.1 Å². The van der Waals surface area contributed by atoms with Crippen LogP contribution in [0.4, 0.5) is 0 Å². The number of likely N-dealkylation sites (tertiary alicyclic amines) is 1. The summed E-state index contributed by atoms with van der Waals surface area (Å²) in [6, 6.07) is 0. The molecule has 152 valence electrons. The lowest BCUT2D eigenvalue weighted by Crippen LogP contribution is -2.33. The first-order chi connectivity index (χ1) is 14.6. The average Bonchev–Trinajstić information content (AvgIpc) is 3.39. The van der Waals surface area contributed by atoms with Crippen LogP contribution in [0.15, 0.2) is 30.2 Å². The van der Waals surface area contributed by atoms with E-state index in [4.69, 9.17) is 0 Å². The van der Waals surface area contributed by atoms with Crippen molar-refractivity contribution in [3.63, 3.8) is 0 Å². The lowest BCUT2D eigenvalue weighted by Gasteiger charge is -2.25. The quantitative estimate of drug-likeness (QED) is 0.740. The van der Waals surface area contributed by atoms with Gasteiger partial charge in [0.1, 0.15) is 0 Å². The van der Waals surface area contributed by atoms with Crippen molar-refractivity contribution in [2.24, 2.45) is 5.92 Å². The van der Waals surface area contributed by atoms with Gasteiger partial charge in [-0.15, -0.1) is 0 Å². The first-order valence-corrected chi connectivity index (χ1v) is 10.9. The fraction of sp³-hybridized carbons (Fsp3) is 0.417. The van der Waals surface area contributed by atoms with Crippen molar-refractivity contribution in [1.29, 1.82) is 0 Å². The number of carbonyl (C=O) groups excluding carboxylic acids is 3. The van der Waals surface area contributed by atoms with E-state index >= 15 is 0 Å². The summed E-state index contributed by atoms with van der Waals surface area (Å²) in [5, 5.41) is 0. The molecule has 2 aromatic heterocycles. The van der Waals surface area contributed by atoms with Crippen LogP contribution in [0.3, 0.4) is 0 Å². The Morgan fingerprint density at radius 2 is 1.83 bits per heavy atom. The molecule has 30 heavy (non-hydrogen) atoms. The van der Waals surface area contributed by atoms with Gasteiger partial charge in [-0.2, -0.15) is 0 Å². The number of hydrogen-bond acceptors (Lipinski definition) is 5. The number of ketones is 3. The topological polar surface area (TPSA) is 71.8 Å². The van der Waals surface area contributed by atoms with Crippen molar-refractivity contribution < 1.29 is 14.4 Å². The molecule has 2 aromatic rings. The zero-order valence-corrected chi connectivity index (χ0v) is 16.8. The van der Waals surface area contributed by atoms with Crippen LogP contribution in [0.2, 0.25) is 0 Å². The second kappa shape index (κ2) is 6.57. The van der Waals surface area contributed by atoms with Crippen molar-refractivity contribution in [3.8, 4) is 0 Å². The molecular formula is C24H23N3O3. The molecule has 3 heterocycles. The molecule has 1 saturated heterocycles. The highest BCUT2D eigenvalue weighted by atomic mass is 16.2. The van der Waals surface area contributed by atoms with Crippen LogP contribution in [-0.4, -0.2) is 51.3 Å². The summed E-state index contributed by atoms with van der Waals surface area (Å²) in [5.41, 5.74) is 5.58. The third-order valence-electron chi connectivity index (χ3n) is 7.19. The Hall–Kier alpha value is -2.86. The summed E-state index contributed by atoms with van der Waals surface area (Å²) in [4.78, 5) is 46.1. The molecule has 0 saturated carbocycles. The fourth-order valence-electron chi connectivity index (χ4n) is 5.74. The minimum absolute atomic E-state index is 0.0487. The maximum Gasteiger partial charge on any atom is 0.181 e. The third kappa shape index (κ3) is 2.40. The van der Waals surface area contributed by atoms with Crippen molar-refractivity contribution in [2.75, 3.05) is 19.6 Å². The summed E-state index contributed by atoms with van der Waals surface area (Å²) in [6.45, 7) is 2.86. The zero-order chi connectivity index (χ0) is 20.4. The van der Waals surface area contributed by atoms with E-state index in [2.05, 4.69) is 9.88 Å². The van der Waals surface area contributed by atoms with Crippen molar-refractivity contribution >= 4 is 28.4 Å². The second-order valence-electron chi connectivity index (χ2n) is 8.77. The first kappa shape index (κ1) is 18.0. The van der Waals surface area contributed by atoms with Gasteiger partial charge in [0.15, 0.2) is 17.3 Å². The highest BCUT2D eigenvalue weighted by Gasteiger charge is 2.42. The number of aromatic nitrogens is 2. The monoisotopic (exact) mass is 401 g/mol. The highest BCUT2D eigenvalue weighted by molar-refractivity contribution is 6.28. The Balaban J connectivity index is 1.51. The van der Waals surface area contributed by atoms with Crippen LogP contribution in [-0.2, 0) is 11.2 Å². The molecule has 3 aliphatic carbocycles. The first-order valence-electron chi connectivity index (χ1n) is 10.9. The van der Waals surface area contributed by atoms with E-state index in [1.807, 2.05) is 10.5 Å². The molecule has 4 aliphatic rings. The average molecular weight is 401 g/mol. The van der Waals surface area contributed by atoms with Gasteiger partial charge >= 0.3 is 0 Å². The van der Waals surface area contributed by atoms with Crippen LogP contribution >= 0.6 is 0 Å². The van der Waals surface area contributed by atoms with E-state index in [1.54, 1.807) is 18.6 Å². The molecule has 1 aliphatic heterocycles. The number of carbonyl (C=O) groups is 3. The predicted octanol–water partition coefficient (Wildman–Crippen LogP) is 3.04. The molecule has 0 N–H and O–H groups in total. The van der Waals surface area contributed by atoms with Crippen LogP contribution in [0, 0.1) is 5.92 Å². The SMILES string of the molecule is O=C1C=CCC2=C1CCc1c2c2c3c(cncn13)C(=O)C(CCN1CCCC1)C2=O. The molecule has 6 rings (SSSR count). The van der Waals surface area contributed by atoms with E-state index < -0.39 is 5.92 Å². The molecule has 0 radical (unpaired) electrons. The molecule has 1 atom stereocenters. The number of nitrogens with zero attached hydrogens (tertiary/aromatic N) is 3. The van der Waals surface area contributed by atoms with E-state index in [9.17, 15) is 14.4 Å². The maximum atomic E-state index is 13.7. The van der Waals surface area contributed by atoms with Gasteiger partial charge < -0.3 is 9.30 Å². The van der Waals surface area contributed by atoms with E-state index in [1.165, 1.54) is 12.8 Å². The molecule has 0 spiro atoms. The highest BCUT2D eigenvalue weighted by Crippen LogP contribution is 2.44. The molecule has 0 bridgehead atoms. The predicted molar refractivity (Wildman–Crippen MR) is 112 cm³/mol. The number of aryl methyl sites for hydroxylation is 1. The van der Waals surface area contributed by atoms with Gasteiger partial charge in [-0.25, -0.2) is 4.98 Å². The van der Waals surface area contributed by atoms with Gasteiger partial charge in [-0.1, -0.05) is 6.08 Å². The van der Waals surface area contributed by atoms with Gasteiger partial charge in [-0.05, 0) is 69.8 Å². The minimum atomic E-state index is -0.654. The summed E-state index contributed by atoms with van der Waals surface area (Å²) in [7, 11) is 0. The van der Waals surface area contributed by atoms with Crippen LogP contribution in [0.5, 0.6) is 0 Å². The second-order valence-corrected chi connectivity index (χ2v) is 8.77. The maximum absolute atomic E-state index is 13.7. The molecule has 0 amide bonds. The van der Waals surface area contributed by atoms with Crippen molar-refractivity contribution in [1.82, 2.24) is 14.3 Å². The molecule has 6 heteroatoms. The van der Waals surface area contributed by atoms with E-state index in [0.29, 0.717) is 42.3 Å². The summed E-state index contributed by atoms with van der Waals surface area (Å²) in [5.74, 6) is -0.785. The number of fused-ring (bicyclic) bond motifs is 4. The summed E-state index contributed by atoms with van der Waals surface area (Å²) in [6.07, 6.45) is 11.8. The Morgan fingerprint density at radius 1 is 1.00 bits per heavy atom. The molecule has 0 aromatic carbocycles.